The van der Waals surface area contributed by atoms with Crippen LogP contribution in [0.15, 0.2) is 0 Å². The van der Waals surface area contributed by atoms with Gasteiger partial charge in [0.15, 0.2) is 0 Å². The molecule has 1 aliphatic rings. The Morgan fingerprint density at radius 2 is 2.17 bits per heavy atom. The lowest BCUT2D eigenvalue weighted by Crippen LogP contribution is -2.43. The lowest BCUT2D eigenvalue weighted by molar-refractivity contribution is -0.121. The van der Waals surface area contributed by atoms with Gasteiger partial charge in [-0.2, -0.15) is 4.31 Å². The number of hydrogen-bond acceptors (Lipinski definition) is 4. The van der Waals surface area contributed by atoms with Crippen molar-refractivity contribution >= 4 is 28.3 Å². The summed E-state index contributed by atoms with van der Waals surface area (Å²) >= 11 is 0. The van der Waals surface area contributed by atoms with Crippen LogP contribution >= 0.6 is 12.4 Å². The number of amides is 1. The average Bonchev–Trinajstić information content (AvgIpc) is 2.79. The summed E-state index contributed by atoms with van der Waals surface area (Å²) in [6.45, 7) is 3.01. The minimum absolute atomic E-state index is 0. The largest absolute Gasteiger partial charge is 0.353 e. The van der Waals surface area contributed by atoms with E-state index in [-0.39, 0.29) is 30.6 Å². The molecule has 1 rings (SSSR count). The van der Waals surface area contributed by atoms with Crippen LogP contribution in [0.25, 0.3) is 0 Å². The highest BCUT2D eigenvalue weighted by molar-refractivity contribution is 7.89. The number of nitrogens with one attached hydrogen (secondary N) is 2. The van der Waals surface area contributed by atoms with Gasteiger partial charge in [0.1, 0.15) is 0 Å². The maximum Gasteiger partial charge on any atom is 0.235 e. The van der Waals surface area contributed by atoms with Crippen molar-refractivity contribution in [2.75, 3.05) is 32.4 Å². The normalized spacial score (nSPS) is 19.6. The lowest BCUT2D eigenvalue weighted by atomic mass is 10.2. The van der Waals surface area contributed by atoms with E-state index in [1.165, 1.54) is 7.05 Å². The molecule has 0 saturated carbocycles. The monoisotopic (exact) mass is 299 g/mol. The highest BCUT2D eigenvalue weighted by Crippen LogP contribution is 2.03. The van der Waals surface area contributed by atoms with Crippen molar-refractivity contribution in [2.24, 2.45) is 0 Å². The molecule has 1 unspecified atom stereocenters. The quantitative estimate of drug-likeness (QED) is 0.697. The summed E-state index contributed by atoms with van der Waals surface area (Å²) in [4.78, 5) is 11.5. The lowest BCUT2D eigenvalue weighted by Gasteiger charge is -2.17. The molecule has 1 heterocycles. The smallest absolute Gasteiger partial charge is 0.235 e. The molecule has 8 heteroatoms. The fourth-order valence-corrected chi connectivity index (χ4v) is 2.50. The van der Waals surface area contributed by atoms with Crippen LogP contribution in [0.4, 0.5) is 0 Å². The second kappa shape index (κ2) is 7.93. The Kier molecular flexibility index (Phi) is 7.77. The van der Waals surface area contributed by atoms with Crippen molar-refractivity contribution in [3.05, 3.63) is 0 Å². The van der Waals surface area contributed by atoms with E-state index in [9.17, 15) is 13.2 Å². The SMILES string of the molecule is CCS(=O)(=O)N(C)CC(=O)NCC1CCCN1.Cl. The van der Waals surface area contributed by atoms with Crippen LogP contribution in [0, 0.1) is 0 Å². The molecule has 108 valence electrons. The fourth-order valence-electron chi connectivity index (χ4n) is 1.74. The summed E-state index contributed by atoms with van der Waals surface area (Å²) in [5.41, 5.74) is 0. The molecule has 0 radical (unpaired) electrons. The maximum absolute atomic E-state index is 11.5. The summed E-state index contributed by atoms with van der Waals surface area (Å²) in [6, 6.07) is 0.326. The minimum atomic E-state index is -3.27. The predicted molar refractivity (Wildman–Crippen MR) is 73.4 cm³/mol. The zero-order valence-corrected chi connectivity index (χ0v) is 12.4. The summed E-state index contributed by atoms with van der Waals surface area (Å²) in [7, 11) is -1.85. The van der Waals surface area contributed by atoms with Crippen molar-refractivity contribution in [3.63, 3.8) is 0 Å². The third kappa shape index (κ3) is 5.51. The van der Waals surface area contributed by atoms with Crippen LogP contribution in [0.3, 0.4) is 0 Å². The van der Waals surface area contributed by atoms with Gasteiger partial charge in [-0.1, -0.05) is 0 Å². The van der Waals surface area contributed by atoms with Crippen molar-refractivity contribution in [3.8, 4) is 0 Å². The van der Waals surface area contributed by atoms with E-state index < -0.39 is 10.0 Å². The third-order valence-corrected chi connectivity index (χ3v) is 4.72. The van der Waals surface area contributed by atoms with Gasteiger partial charge in [-0.3, -0.25) is 4.79 Å². The number of rotatable bonds is 6. The summed E-state index contributed by atoms with van der Waals surface area (Å²) in [5, 5.41) is 6.00. The number of carbonyl (C=O) groups excluding carboxylic acids is 1. The number of likely N-dealkylation sites (N-methyl/N-ethyl adjacent to an activating group) is 1. The molecule has 0 spiro atoms. The van der Waals surface area contributed by atoms with Gasteiger partial charge in [0.2, 0.25) is 15.9 Å². The molecule has 0 aromatic heterocycles. The Morgan fingerprint density at radius 1 is 1.50 bits per heavy atom. The topological polar surface area (TPSA) is 78.5 Å². The number of carbonyl (C=O) groups is 1. The van der Waals surface area contributed by atoms with Crippen LogP contribution < -0.4 is 10.6 Å². The van der Waals surface area contributed by atoms with Gasteiger partial charge in [-0.05, 0) is 26.3 Å². The highest BCUT2D eigenvalue weighted by Gasteiger charge is 2.19. The minimum Gasteiger partial charge on any atom is -0.353 e. The van der Waals surface area contributed by atoms with Crippen molar-refractivity contribution in [2.45, 2.75) is 25.8 Å². The molecule has 6 nitrogen and oxygen atoms in total. The summed E-state index contributed by atoms with van der Waals surface area (Å²) < 4.78 is 23.9. The first-order valence-corrected chi connectivity index (χ1v) is 7.50. The molecule has 0 aliphatic carbocycles. The van der Waals surface area contributed by atoms with E-state index in [1.54, 1.807) is 6.92 Å². The summed E-state index contributed by atoms with van der Waals surface area (Å²) in [5.74, 6) is -0.237. The first-order chi connectivity index (χ1) is 7.95. The standard InChI is InChI=1S/C10H21N3O3S.ClH/c1-3-17(15,16)13(2)8-10(14)12-7-9-5-4-6-11-9;/h9,11H,3-8H2,1-2H3,(H,12,14);1H. The van der Waals surface area contributed by atoms with Gasteiger partial charge in [0.05, 0.1) is 12.3 Å². The van der Waals surface area contributed by atoms with Crippen LogP contribution in [0.1, 0.15) is 19.8 Å². The first kappa shape index (κ1) is 17.6. The van der Waals surface area contributed by atoms with E-state index in [1.807, 2.05) is 0 Å². The number of hydrogen-bond donors (Lipinski definition) is 2. The highest BCUT2D eigenvalue weighted by atomic mass is 35.5. The molecule has 1 atom stereocenters. The molecule has 1 aliphatic heterocycles. The maximum atomic E-state index is 11.5. The Hall–Kier alpha value is -0.370. The second-order valence-electron chi connectivity index (χ2n) is 4.25. The Bertz CT molecular complexity index is 355. The van der Waals surface area contributed by atoms with Crippen molar-refractivity contribution < 1.29 is 13.2 Å². The first-order valence-electron chi connectivity index (χ1n) is 5.90. The Morgan fingerprint density at radius 3 is 2.67 bits per heavy atom. The van der Waals surface area contributed by atoms with Gasteiger partial charge in [0, 0.05) is 19.6 Å². The molecule has 2 N–H and O–H groups in total. The number of nitrogens with zero attached hydrogens (tertiary/aromatic N) is 1. The van der Waals surface area contributed by atoms with E-state index in [0.717, 1.165) is 23.7 Å². The van der Waals surface area contributed by atoms with Crippen molar-refractivity contribution in [1.82, 2.24) is 14.9 Å². The zero-order chi connectivity index (χ0) is 12.9. The van der Waals surface area contributed by atoms with Crippen LogP contribution in [0.5, 0.6) is 0 Å². The van der Waals surface area contributed by atoms with Crippen LogP contribution in [-0.2, 0) is 14.8 Å². The molecule has 1 fully saturated rings. The molecule has 18 heavy (non-hydrogen) atoms. The van der Waals surface area contributed by atoms with Gasteiger partial charge in [-0.25, -0.2) is 8.42 Å². The molecule has 0 aromatic carbocycles. The molecule has 0 bridgehead atoms. The van der Waals surface area contributed by atoms with Gasteiger partial charge in [-0.15, -0.1) is 12.4 Å². The molecule has 1 saturated heterocycles. The third-order valence-electron chi connectivity index (χ3n) is 2.91. The van der Waals surface area contributed by atoms with Crippen LogP contribution in [-0.4, -0.2) is 57.1 Å². The zero-order valence-electron chi connectivity index (χ0n) is 10.8. The average molecular weight is 300 g/mol. The van der Waals surface area contributed by atoms with E-state index >= 15 is 0 Å². The van der Waals surface area contributed by atoms with Crippen LogP contribution in [0.2, 0.25) is 0 Å². The fraction of sp³-hybridized carbons (Fsp3) is 0.900. The van der Waals surface area contributed by atoms with Gasteiger partial charge < -0.3 is 10.6 Å². The number of halogens is 1. The number of sulfonamides is 1. The van der Waals surface area contributed by atoms with E-state index in [4.69, 9.17) is 0 Å². The molecular formula is C10H22ClN3O3S. The second-order valence-corrected chi connectivity index (χ2v) is 6.62. The van der Waals surface area contributed by atoms with Crippen molar-refractivity contribution in [1.29, 1.82) is 0 Å². The molecule has 0 aromatic rings. The molecular weight excluding hydrogens is 278 g/mol. The Labute approximate surface area is 115 Å². The van der Waals surface area contributed by atoms with E-state index in [2.05, 4.69) is 10.6 Å². The summed E-state index contributed by atoms with van der Waals surface area (Å²) in [6.07, 6.45) is 2.19. The van der Waals surface area contributed by atoms with Gasteiger partial charge in [0.25, 0.3) is 0 Å². The Balaban J connectivity index is 0.00000289. The van der Waals surface area contributed by atoms with Gasteiger partial charge >= 0.3 is 0 Å². The predicted octanol–water partition coefficient (Wildman–Crippen LogP) is -0.442. The molecule has 1 amide bonds. The van der Waals surface area contributed by atoms with E-state index in [0.29, 0.717) is 12.6 Å².